The minimum Gasteiger partial charge on any atom is -0.369 e. The van der Waals surface area contributed by atoms with Crippen LogP contribution in [0.2, 0.25) is 0 Å². The molecule has 0 aliphatic heterocycles. The molecular formula is C23H23FN6O. The van der Waals surface area contributed by atoms with Crippen LogP contribution in [0, 0.1) is 5.95 Å². The number of hydrogen-bond acceptors (Lipinski definition) is 6. The molecule has 7 nitrogen and oxygen atoms in total. The van der Waals surface area contributed by atoms with Gasteiger partial charge in [0.05, 0.1) is 16.5 Å². The van der Waals surface area contributed by atoms with Crippen molar-refractivity contribution in [2.45, 2.75) is 33.1 Å². The average molecular weight is 418 g/mol. The molecule has 0 fully saturated rings. The van der Waals surface area contributed by atoms with Crippen LogP contribution in [-0.2, 0) is 12.8 Å². The van der Waals surface area contributed by atoms with Crippen molar-refractivity contribution in [3.8, 4) is 0 Å². The zero-order chi connectivity index (χ0) is 21.8. The molecule has 0 atom stereocenters. The van der Waals surface area contributed by atoms with Gasteiger partial charge in [-0.25, -0.2) is 15.0 Å². The fraction of sp³-hybridized carbons (Fsp3) is 0.261. The number of hydrogen-bond donors (Lipinski definition) is 2. The molecule has 4 rings (SSSR count). The van der Waals surface area contributed by atoms with E-state index in [4.69, 9.17) is 0 Å². The van der Waals surface area contributed by atoms with Crippen molar-refractivity contribution in [3.05, 3.63) is 77.0 Å². The molecule has 8 heteroatoms. The molecule has 0 amide bonds. The molecule has 2 N–H and O–H groups in total. The maximum absolute atomic E-state index is 14.8. The molecule has 158 valence electrons. The van der Waals surface area contributed by atoms with E-state index in [9.17, 15) is 9.18 Å². The number of ketones is 1. The van der Waals surface area contributed by atoms with Crippen molar-refractivity contribution in [1.82, 2.24) is 24.9 Å². The summed E-state index contributed by atoms with van der Waals surface area (Å²) in [6, 6.07) is 7.06. The predicted molar refractivity (Wildman–Crippen MR) is 117 cm³/mol. The van der Waals surface area contributed by atoms with E-state index >= 15 is 0 Å². The zero-order valence-electron chi connectivity index (χ0n) is 17.4. The van der Waals surface area contributed by atoms with Gasteiger partial charge in [-0.15, -0.1) is 0 Å². The van der Waals surface area contributed by atoms with Crippen LogP contribution in [0.25, 0.3) is 11.0 Å². The van der Waals surface area contributed by atoms with Crippen molar-refractivity contribution < 1.29 is 9.18 Å². The molecule has 0 bridgehead atoms. The highest BCUT2D eigenvalue weighted by Gasteiger charge is 2.22. The molecule has 0 radical (unpaired) electrons. The Balaban J connectivity index is 1.62. The predicted octanol–water partition coefficient (Wildman–Crippen LogP) is 4.09. The molecule has 4 heterocycles. The largest absolute Gasteiger partial charge is 0.369 e. The molecule has 0 aliphatic rings. The molecule has 4 aromatic heterocycles. The van der Waals surface area contributed by atoms with Gasteiger partial charge in [-0.05, 0) is 36.6 Å². The van der Waals surface area contributed by atoms with Gasteiger partial charge in [0.25, 0.3) is 0 Å². The summed E-state index contributed by atoms with van der Waals surface area (Å²) in [4.78, 5) is 32.9. The van der Waals surface area contributed by atoms with Gasteiger partial charge in [0, 0.05) is 36.7 Å². The van der Waals surface area contributed by atoms with Crippen molar-refractivity contribution >= 4 is 22.6 Å². The highest BCUT2D eigenvalue weighted by Crippen LogP contribution is 2.26. The molecule has 0 saturated heterocycles. The van der Waals surface area contributed by atoms with Gasteiger partial charge in [-0.2, -0.15) is 4.39 Å². The Hall–Kier alpha value is -3.68. The van der Waals surface area contributed by atoms with Crippen LogP contribution in [0.1, 0.15) is 53.1 Å². The number of fused-ring (bicyclic) bond motifs is 1. The van der Waals surface area contributed by atoms with Crippen LogP contribution in [-0.4, -0.2) is 37.2 Å². The van der Waals surface area contributed by atoms with Crippen molar-refractivity contribution in [2.24, 2.45) is 0 Å². The zero-order valence-corrected chi connectivity index (χ0v) is 17.4. The van der Waals surface area contributed by atoms with Crippen molar-refractivity contribution in [2.75, 3.05) is 11.9 Å². The van der Waals surface area contributed by atoms with E-state index in [2.05, 4.69) is 30.2 Å². The lowest BCUT2D eigenvalue weighted by atomic mass is 10.0. The normalized spacial score (nSPS) is 11.1. The Kier molecular flexibility index (Phi) is 5.97. The van der Waals surface area contributed by atoms with E-state index in [-0.39, 0.29) is 5.56 Å². The minimum absolute atomic E-state index is 0.0885. The summed E-state index contributed by atoms with van der Waals surface area (Å²) in [5.41, 5.74) is 3.21. The number of aromatic amines is 1. The number of carbonyl (C=O) groups is 1. The molecular weight excluding hydrogens is 395 g/mol. The number of aromatic nitrogens is 5. The third-order valence-corrected chi connectivity index (χ3v) is 5.04. The Labute approximate surface area is 179 Å². The van der Waals surface area contributed by atoms with E-state index < -0.39 is 11.7 Å². The van der Waals surface area contributed by atoms with E-state index in [1.165, 1.54) is 18.6 Å². The molecule has 4 aromatic rings. The van der Waals surface area contributed by atoms with Gasteiger partial charge in [0.2, 0.25) is 5.95 Å². The summed E-state index contributed by atoms with van der Waals surface area (Å²) in [7, 11) is 0. The number of anilines is 1. The average Bonchev–Trinajstić information content (AvgIpc) is 3.23. The minimum atomic E-state index is -0.796. The van der Waals surface area contributed by atoms with Gasteiger partial charge in [-0.3, -0.25) is 9.78 Å². The second-order valence-corrected chi connectivity index (χ2v) is 7.23. The topological polar surface area (TPSA) is 96.5 Å². The molecule has 0 saturated carbocycles. The van der Waals surface area contributed by atoms with Crippen LogP contribution in [0.3, 0.4) is 0 Å². The van der Waals surface area contributed by atoms with Crippen molar-refractivity contribution in [1.29, 1.82) is 0 Å². The maximum atomic E-state index is 14.8. The molecule has 0 aromatic carbocycles. The fourth-order valence-corrected chi connectivity index (χ4v) is 3.38. The summed E-state index contributed by atoms with van der Waals surface area (Å²) in [6.07, 6.45) is 6.92. The molecule has 0 spiro atoms. The lowest BCUT2D eigenvalue weighted by molar-refractivity contribution is 0.103. The second-order valence-electron chi connectivity index (χ2n) is 7.23. The first kappa shape index (κ1) is 20.6. The van der Waals surface area contributed by atoms with E-state index in [0.717, 1.165) is 24.1 Å². The number of rotatable bonds is 8. The standard InChI is InChI=1S/C23H23FN6O/c1-3-9-25-22-19-18(12-27-23(19)29-13-28-22)20(31)17-8-7-16(30-21(17)24)10-14-5-6-15(4-2)26-11-14/h5-8,11-13H,3-4,9-10H2,1-2H3,(H2,25,27,28,29). The summed E-state index contributed by atoms with van der Waals surface area (Å²) >= 11 is 0. The monoisotopic (exact) mass is 418 g/mol. The van der Waals surface area contributed by atoms with Crippen LogP contribution in [0.4, 0.5) is 10.2 Å². The van der Waals surface area contributed by atoms with Crippen LogP contribution in [0.15, 0.2) is 43.0 Å². The van der Waals surface area contributed by atoms with Gasteiger partial charge in [-0.1, -0.05) is 19.9 Å². The van der Waals surface area contributed by atoms with Crippen molar-refractivity contribution in [3.63, 3.8) is 0 Å². The lowest BCUT2D eigenvalue weighted by Gasteiger charge is -2.08. The van der Waals surface area contributed by atoms with Gasteiger partial charge in [0.15, 0.2) is 5.78 Å². The van der Waals surface area contributed by atoms with Gasteiger partial charge >= 0.3 is 0 Å². The second kappa shape index (κ2) is 8.99. The first-order chi connectivity index (χ1) is 15.1. The summed E-state index contributed by atoms with van der Waals surface area (Å²) < 4.78 is 14.8. The quantitative estimate of drug-likeness (QED) is 0.330. The number of nitrogens with zero attached hydrogens (tertiary/aromatic N) is 4. The Morgan fingerprint density at radius 1 is 1.06 bits per heavy atom. The number of aryl methyl sites for hydroxylation is 1. The SMILES string of the molecule is CCCNc1ncnc2[nH]cc(C(=O)c3ccc(Cc4ccc(CC)nc4)nc3F)c12. The molecule has 0 unspecified atom stereocenters. The number of carbonyl (C=O) groups excluding carboxylic acids is 1. The summed E-state index contributed by atoms with van der Waals surface area (Å²) in [6.45, 7) is 4.77. The number of H-pyrrole nitrogens is 1. The highest BCUT2D eigenvalue weighted by atomic mass is 19.1. The Bertz CT molecular complexity index is 1220. The number of pyridine rings is 2. The third kappa shape index (κ3) is 4.28. The summed E-state index contributed by atoms with van der Waals surface area (Å²) in [5.74, 6) is -0.717. The third-order valence-electron chi connectivity index (χ3n) is 5.04. The Morgan fingerprint density at radius 3 is 2.61 bits per heavy atom. The van der Waals surface area contributed by atoms with Crippen LogP contribution >= 0.6 is 0 Å². The van der Waals surface area contributed by atoms with Crippen LogP contribution < -0.4 is 5.32 Å². The highest BCUT2D eigenvalue weighted by molar-refractivity contribution is 6.17. The van der Waals surface area contributed by atoms with Crippen LogP contribution in [0.5, 0.6) is 0 Å². The van der Waals surface area contributed by atoms with E-state index in [1.807, 2.05) is 26.0 Å². The first-order valence-corrected chi connectivity index (χ1v) is 10.3. The van der Waals surface area contributed by atoms with E-state index in [1.54, 1.807) is 12.3 Å². The lowest BCUT2D eigenvalue weighted by Crippen LogP contribution is -2.09. The molecule has 31 heavy (non-hydrogen) atoms. The summed E-state index contributed by atoms with van der Waals surface area (Å²) in [5, 5.41) is 3.74. The smallest absolute Gasteiger partial charge is 0.224 e. The van der Waals surface area contributed by atoms with Gasteiger partial charge < -0.3 is 10.3 Å². The number of nitrogens with one attached hydrogen (secondary N) is 2. The fourth-order valence-electron chi connectivity index (χ4n) is 3.38. The van der Waals surface area contributed by atoms with E-state index in [0.29, 0.717) is 41.1 Å². The Morgan fingerprint density at radius 2 is 1.90 bits per heavy atom. The number of halogens is 1. The molecule has 0 aliphatic carbocycles. The first-order valence-electron chi connectivity index (χ1n) is 10.3. The van der Waals surface area contributed by atoms with Gasteiger partial charge in [0.1, 0.15) is 17.8 Å². The maximum Gasteiger partial charge on any atom is 0.224 e.